The van der Waals surface area contributed by atoms with Gasteiger partial charge >= 0.3 is 0 Å². The summed E-state index contributed by atoms with van der Waals surface area (Å²) in [6.45, 7) is 4.00. The molecule has 6 nitrogen and oxygen atoms in total. The Labute approximate surface area is 224 Å². The van der Waals surface area contributed by atoms with Gasteiger partial charge in [0.15, 0.2) is 0 Å². The van der Waals surface area contributed by atoms with Gasteiger partial charge in [0.1, 0.15) is 0 Å². The normalized spacial score (nSPS) is 10.3. The average molecular weight is 503 g/mol. The number of hydrogen-bond acceptors (Lipinski definition) is 6. The number of benzene rings is 5. The van der Waals surface area contributed by atoms with Crippen LogP contribution >= 0.6 is 0 Å². The Hall–Kier alpha value is -5.10. The molecule has 0 saturated heterocycles. The van der Waals surface area contributed by atoms with Crippen molar-refractivity contribution in [3.05, 3.63) is 121 Å². The third-order valence-corrected chi connectivity index (χ3v) is 5.97. The first kappa shape index (κ1) is 26.0. The summed E-state index contributed by atoms with van der Waals surface area (Å²) in [6, 6.07) is 39.7. The molecule has 6 heteroatoms. The number of rotatable bonds is 6. The highest BCUT2D eigenvalue weighted by Gasteiger charge is 2.16. The topological polar surface area (TPSA) is 111 Å². The van der Waals surface area contributed by atoms with E-state index >= 15 is 0 Å². The fourth-order valence-electron chi connectivity index (χ4n) is 4.14. The highest BCUT2D eigenvalue weighted by Crippen LogP contribution is 2.39. The molecule has 0 bridgehead atoms. The van der Waals surface area contributed by atoms with Crippen LogP contribution in [0.25, 0.3) is 0 Å². The minimum atomic E-state index is 0.717. The quantitative estimate of drug-likeness (QED) is 0.175. The van der Waals surface area contributed by atoms with E-state index in [1.54, 1.807) is 0 Å². The van der Waals surface area contributed by atoms with Gasteiger partial charge in [0.25, 0.3) is 0 Å². The summed E-state index contributed by atoms with van der Waals surface area (Å²) in [5, 5.41) is 0. The first-order chi connectivity index (χ1) is 18.5. The van der Waals surface area contributed by atoms with Crippen LogP contribution in [0.15, 0.2) is 121 Å². The zero-order chi connectivity index (χ0) is 27.1. The van der Waals surface area contributed by atoms with E-state index in [0.29, 0.717) is 22.7 Å². The number of anilines is 10. The van der Waals surface area contributed by atoms with Crippen LogP contribution < -0.4 is 32.7 Å². The molecule has 0 aliphatic rings. The number of nitrogens with two attached hydrogens (primary N) is 4. The SMILES string of the molecule is CC.Nc1ccc(N(c2ccc(N)cc2)c2ccc(N(c3ccc(N)cc3)c3ccc(N)cc3)cc2)cc1. The molecule has 0 aliphatic carbocycles. The molecule has 0 amide bonds. The van der Waals surface area contributed by atoms with Crippen molar-refractivity contribution < 1.29 is 0 Å². The van der Waals surface area contributed by atoms with Crippen LogP contribution in [0.2, 0.25) is 0 Å². The number of nitrogen functional groups attached to an aromatic ring is 4. The first-order valence-corrected chi connectivity index (χ1v) is 12.6. The van der Waals surface area contributed by atoms with E-state index < -0.39 is 0 Å². The molecular formula is C32H34N6. The summed E-state index contributed by atoms with van der Waals surface area (Å²) in [5.74, 6) is 0. The fraction of sp³-hybridized carbons (Fsp3) is 0.0625. The average Bonchev–Trinajstić information content (AvgIpc) is 2.95. The largest absolute Gasteiger partial charge is 0.399 e. The van der Waals surface area contributed by atoms with Crippen LogP contribution in [0.4, 0.5) is 56.9 Å². The number of nitrogens with zero attached hydrogens (tertiary/aromatic N) is 2. The van der Waals surface area contributed by atoms with E-state index in [9.17, 15) is 0 Å². The molecule has 0 saturated carbocycles. The van der Waals surface area contributed by atoms with E-state index in [1.165, 1.54) is 0 Å². The minimum absolute atomic E-state index is 0.717. The van der Waals surface area contributed by atoms with Crippen LogP contribution in [0.1, 0.15) is 13.8 Å². The predicted molar refractivity (Wildman–Crippen MR) is 165 cm³/mol. The van der Waals surface area contributed by atoms with E-state index in [1.807, 2.05) is 111 Å². The van der Waals surface area contributed by atoms with Crippen molar-refractivity contribution in [1.29, 1.82) is 0 Å². The highest BCUT2D eigenvalue weighted by atomic mass is 15.2. The van der Waals surface area contributed by atoms with Gasteiger partial charge in [-0.05, 0) is 121 Å². The van der Waals surface area contributed by atoms with Crippen LogP contribution in [0, 0.1) is 0 Å². The lowest BCUT2D eigenvalue weighted by Gasteiger charge is -2.28. The Bertz CT molecular complexity index is 1220. The van der Waals surface area contributed by atoms with Crippen LogP contribution in [0.5, 0.6) is 0 Å². The zero-order valence-corrected chi connectivity index (χ0v) is 21.8. The second-order valence-electron chi connectivity index (χ2n) is 8.55. The van der Waals surface area contributed by atoms with E-state index in [-0.39, 0.29) is 0 Å². The van der Waals surface area contributed by atoms with Crippen molar-refractivity contribution in [2.45, 2.75) is 13.8 Å². The van der Waals surface area contributed by atoms with Gasteiger partial charge in [-0.1, -0.05) is 13.8 Å². The molecule has 192 valence electrons. The maximum absolute atomic E-state index is 5.95. The first-order valence-electron chi connectivity index (χ1n) is 12.6. The summed E-state index contributed by atoms with van der Waals surface area (Å²) >= 11 is 0. The van der Waals surface area contributed by atoms with Crippen molar-refractivity contribution in [2.75, 3.05) is 32.7 Å². The molecular weight excluding hydrogens is 468 g/mol. The molecule has 0 atom stereocenters. The second kappa shape index (κ2) is 11.8. The fourth-order valence-corrected chi connectivity index (χ4v) is 4.14. The molecule has 0 aromatic heterocycles. The lowest BCUT2D eigenvalue weighted by atomic mass is 10.1. The van der Waals surface area contributed by atoms with E-state index in [4.69, 9.17) is 22.9 Å². The Morgan fingerprint density at radius 1 is 0.289 bits per heavy atom. The summed E-state index contributed by atoms with van der Waals surface area (Å²) in [5.41, 5.74) is 32.7. The van der Waals surface area contributed by atoms with Gasteiger partial charge < -0.3 is 32.7 Å². The van der Waals surface area contributed by atoms with Crippen molar-refractivity contribution >= 4 is 56.9 Å². The lowest BCUT2D eigenvalue weighted by molar-refractivity contribution is 1.26. The third kappa shape index (κ3) is 5.82. The molecule has 38 heavy (non-hydrogen) atoms. The minimum Gasteiger partial charge on any atom is -0.399 e. The van der Waals surface area contributed by atoms with Gasteiger partial charge in [-0.25, -0.2) is 0 Å². The summed E-state index contributed by atoms with van der Waals surface area (Å²) < 4.78 is 0. The molecule has 0 spiro atoms. The predicted octanol–water partition coefficient (Wildman–Crippen LogP) is 7.98. The van der Waals surface area contributed by atoms with Gasteiger partial charge in [-0.2, -0.15) is 0 Å². The van der Waals surface area contributed by atoms with Gasteiger partial charge in [-0.15, -0.1) is 0 Å². The molecule has 5 rings (SSSR count). The molecule has 0 aliphatic heterocycles. The molecule has 8 N–H and O–H groups in total. The summed E-state index contributed by atoms with van der Waals surface area (Å²) in [4.78, 5) is 4.33. The van der Waals surface area contributed by atoms with Crippen molar-refractivity contribution in [3.63, 3.8) is 0 Å². The Balaban J connectivity index is 0.00000164. The maximum atomic E-state index is 5.95. The molecule has 0 heterocycles. The van der Waals surface area contributed by atoms with Gasteiger partial charge in [0.05, 0.1) is 0 Å². The van der Waals surface area contributed by atoms with Crippen LogP contribution in [-0.2, 0) is 0 Å². The van der Waals surface area contributed by atoms with Gasteiger partial charge in [0.2, 0.25) is 0 Å². The number of hydrogen-bond donors (Lipinski definition) is 4. The second-order valence-corrected chi connectivity index (χ2v) is 8.55. The standard InChI is InChI=1S/C30H28N6.C2H6/c31-21-1-9-25(10-2-21)35(26-11-3-22(32)4-12-26)29-17-19-30(20-18-29)36(27-13-5-23(33)6-14-27)28-15-7-24(34)8-16-28;1-2/h1-20H,31-34H2;1-2H3. The van der Waals surface area contributed by atoms with Gasteiger partial charge in [0, 0.05) is 56.9 Å². The van der Waals surface area contributed by atoms with Crippen molar-refractivity contribution in [1.82, 2.24) is 0 Å². The zero-order valence-electron chi connectivity index (χ0n) is 21.8. The maximum Gasteiger partial charge on any atom is 0.0463 e. The smallest absolute Gasteiger partial charge is 0.0463 e. The summed E-state index contributed by atoms with van der Waals surface area (Å²) in [6.07, 6.45) is 0. The van der Waals surface area contributed by atoms with Crippen molar-refractivity contribution in [3.8, 4) is 0 Å². The van der Waals surface area contributed by atoms with E-state index in [0.717, 1.165) is 34.1 Å². The van der Waals surface area contributed by atoms with E-state index in [2.05, 4.69) is 34.1 Å². The molecule has 5 aromatic carbocycles. The molecule has 0 radical (unpaired) electrons. The van der Waals surface area contributed by atoms with Crippen molar-refractivity contribution in [2.24, 2.45) is 0 Å². The monoisotopic (exact) mass is 502 g/mol. The Kier molecular flexibility index (Phi) is 8.04. The third-order valence-electron chi connectivity index (χ3n) is 5.97. The van der Waals surface area contributed by atoms with Crippen LogP contribution in [-0.4, -0.2) is 0 Å². The summed E-state index contributed by atoms with van der Waals surface area (Å²) in [7, 11) is 0. The Morgan fingerprint density at radius 2 is 0.421 bits per heavy atom. The van der Waals surface area contributed by atoms with Gasteiger partial charge in [-0.3, -0.25) is 0 Å². The Morgan fingerprint density at radius 3 is 0.579 bits per heavy atom. The molecule has 5 aromatic rings. The van der Waals surface area contributed by atoms with Crippen LogP contribution in [0.3, 0.4) is 0 Å². The molecule has 0 unspecified atom stereocenters. The molecule has 0 fully saturated rings. The lowest BCUT2D eigenvalue weighted by Crippen LogP contribution is -2.12. The highest BCUT2D eigenvalue weighted by molar-refractivity contribution is 5.82.